The maximum absolute atomic E-state index is 13.5. The minimum Gasteiger partial charge on any atom is -0.322 e. The van der Waals surface area contributed by atoms with Crippen molar-refractivity contribution in [2.45, 2.75) is 0 Å². The van der Waals surface area contributed by atoms with Crippen LogP contribution >= 0.6 is 0 Å². The fraction of sp³-hybridized carbons (Fsp3) is 0. The first-order valence-electron chi connectivity index (χ1n) is 20.9. The van der Waals surface area contributed by atoms with E-state index in [1.165, 1.54) is 48.8 Å². The number of amides is 6. The predicted octanol–water partition coefficient (Wildman–Crippen LogP) is 10.2. The van der Waals surface area contributed by atoms with Crippen LogP contribution in [-0.2, 0) is 0 Å². The van der Waals surface area contributed by atoms with Crippen LogP contribution in [0.4, 0.5) is 23.0 Å². The molecule has 66 heavy (non-hydrogen) atoms. The lowest BCUT2D eigenvalue weighted by Crippen LogP contribution is -2.30. The van der Waals surface area contributed by atoms with Gasteiger partial charge in [-0.25, -0.2) is 19.8 Å². The topological polar surface area (TPSA) is 159 Å². The van der Waals surface area contributed by atoms with E-state index in [1.54, 1.807) is 36.4 Å². The summed E-state index contributed by atoms with van der Waals surface area (Å²) in [5.41, 5.74) is 6.15. The highest BCUT2D eigenvalue weighted by Crippen LogP contribution is 2.44. The van der Waals surface area contributed by atoms with Crippen LogP contribution in [-0.4, -0.2) is 45.4 Å². The maximum atomic E-state index is 13.5. The molecule has 2 aromatic heterocycles. The van der Waals surface area contributed by atoms with E-state index in [0.717, 1.165) is 53.6 Å². The van der Waals surface area contributed by atoms with Gasteiger partial charge >= 0.3 is 0 Å². The van der Waals surface area contributed by atoms with Crippen molar-refractivity contribution in [3.05, 3.63) is 216 Å². The lowest BCUT2D eigenvalue weighted by molar-refractivity contribution is 0.0909. The largest absolute Gasteiger partial charge is 0.322 e. The van der Waals surface area contributed by atoms with E-state index in [9.17, 15) is 28.8 Å². The number of aromatic nitrogens is 2. The van der Waals surface area contributed by atoms with E-state index in [0.29, 0.717) is 11.4 Å². The van der Waals surface area contributed by atoms with E-state index in [2.05, 4.69) is 44.9 Å². The molecule has 314 valence electrons. The number of anilines is 4. The number of carbonyl (C=O) groups excluding carboxylic acids is 6. The fourth-order valence-electron chi connectivity index (χ4n) is 8.75. The molecule has 12 heteroatoms. The lowest BCUT2D eigenvalue weighted by atomic mass is 9.86. The molecule has 0 aliphatic carbocycles. The van der Waals surface area contributed by atoms with Crippen molar-refractivity contribution in [3.63, 3.8) is 0 Å². The summed E-state index contributed by atoms with van der Waals surface area (Å²) in [6.45, 7) is 0. The van der Waals surface area contributed by atoms with Gasteiger partial charge in [0.1, 0.15) is 11.6 Å². The second kappa shape index (κ2) is 15.7. The smallest absolute Gasteiger partial charge is 0.267 e. The zero-order chi connectivity index (χ0) is 45.1. The van der Waals surface area contributed by atoms with E-state index in [-0.39, 0.29) is 45.0 Å². The SMILES string of the molecule is O=C(Nc1ccc(-c2c3ccccc3c(-c3ccc(NC(=O)c4ccc5c(c4)C(=O)N(c4ccccn4)C5=O)cc3)c3ccccc23)cc1)c1ccc2c(c1)C(=O)N(c1ccccn1)C2=O. The van der Waals surface area contributed by atoms with Gasteiger partial charge < -0.3 is 10.6 Å². The van der Waals surface area contributed by atoms with Crippen molar-refractivity contribution in [3.8, 4) is 22.3 Å². The van der Waals surface area contributed by atoms with Gasteiger partial charge in [-0.2, -0.15) is 0 Å². The Hall–Kier alpha value is -9.42. The molecule has 0 radical (unpaired) electrons. The van der Waals surface area contributed by atoms with Crippen LogP contribution in [0.25, 0.3) is 43.8 Å². The van der Waals surface area contributed by atoms with Crippen LogP contribution in [0.3, 0.4) is 0 Å². The summed E-state index contributed by atoms with van der Waals surface area (Å²) in [4.78, 5) is 90.0. The highest BCUT2D eigenvalue weighted by atomic mass is 16.2. The number of rotatable bonds is 8. The van der Waals surface area contributed by atoms with Crippen LogP contribution in [0.1, 0.15) is 62.1 Å². The Morgan fingerprint density at radius 2 is 0.727 bits per heavy atom. The molecule has 0 atom stereocenters. The number of hydrogen-bond acceptors (Lipinski definition) is 8. The third-order valence-corrected chi connectivity index (χ3v) is 11.8. The van der Waals surface area contributed by atoms with Gasteiger partial charge in [-0.05, 0) is 129 Å². The van der Waals surface area contributed by atoms with Gasteiger partial charge in [0.25, 0.3) is 35.4 Å². The molecule has 2 aliphatic rings. The minimum absolute atomic E-state index is 0.138. The normalized spacial score (nSPS) is 13.0. The molecule has 0 bridgehead atoms. The van der Waals surface area contributed by atoms with E-state index >= 15 is 0 Å². The Morgan fingerprint density at radius 1 is 0.379 bits per heavy atom. The van der Waals surface area contributed by atoms with Gasteiger partial charge in [0.05, 0.1) is 22.3 Å². The van der Waals surface area contributed by atoms with Crippen LogP contribution < -0.4 is 20.4 Å². The van der Waals surface area contributed by atoms with Crippen molar-refractivity contribution in [2.75, 3.05) is 20.4 Å². The maximum Gasteiger partial charge on any atom is 0.267 e. The van der Waals surface area contributed by atoms with Crippen molar-refractivity contribution in [2.24, 2.45) is 0 Å². The van der Waals surface area contributed by atoms with Gasteiger partial charge in [-0.3, -0.25) is 28.8 Å². The Kier molecular flexibility index (Phi) is 9.40. The zero-order valence-electron chi connectivity index (χ0n) is 34.6. The molecule has 2 aliphatic heterocycles. The van der Waals surface area contributed by atoms with Crippen LogP contribution in [0.2, 0.25) is 0 Å². The number of imide groups is 2. The minimum atomic E-state index is -0.540. The molecule has 2 N–H and O–H groups in total. The fourth-order valence-corrected chi connectivity index (χ4v) is 8.75. The summed E-state index contributed by atoms with van der Waals surface area (Å²) >= 11 is 0. The number of carbonyl (C=O) groups is 6. The average Bonchev–Trinajstić information content (AvgIpc) is 3.76. The van der Waals surface area contributed by atoms with Gasteiger partial charge in [0, 0.05) is 34.9 Å². The number of hydrogen-bond donors (Lipinski definition) is 2. The lowest BCUT2D eigenvalue weighted by Gasteiger charge is -2.18. The third-order valence-electron chi connectivity index (χ3n) is 11.8. The van der Waals surface area contributed by atoms with Crippen molar-refractivity contribution < 1.29 is 28.8 Å². The third kappa shape index (κ3) is 6.56. The first-order valence-corrected chi connectivity index (χ1v) is 20.9. The van der Waals surface area contributed by atoms with Crippen LogP contribution in [0, 0.1) is 0 Å². The second-order valence-electron chi connectivity index (χ2n) is 15.7. The average molecular weight is 861 g/mol. The van der Waals surface area contributed by atoms with Gasteiger partial charge in [0.15, 0.2) is 0 Å². The summed E-state index contributed by atoms with van der Waals surface area (Å²) in [6, 6.07) is 50.4. The highest BCUT2D eigenvalue weighted by molar-refractivity contribution is 6.35. The summed E-state index contributed by atoms with van der Waals surface area (Å²) in [7, 11) is 0. The molecular weight excluding hydrogens is 829 g/mol. The van der Waals surface area contributed by atoms with Crippen molar-refractivity contribution in [1.29, 1.82) is 0 Å². The molecule has 7 aromatic carbocycles. The van der Waals surface area contributed by atoms with Crippen molar-refractivity contribution in [1.82, 2.24) is 9.97 Å². The standard InChI is InChI=1S/C54H32N6O6/c61-49(33-19-25-41-43(29-33)53(65)59(51(41)63)45-13-5-7-27-55-45)57-35-21-15-31(16-22-35)47-37-9-1-2-10-38(37)48(40-12-4-3-11-39(40)47)32-17-23-36(24-18-32)58-50(62)34-20-26-42-44(30-34)54(66)60(52(42)64)46-14-6-8-28-56-46/h1-30H,(H,57,61)(H,58,62). The van der Waals surface area contributed by atoms with Gasteiger partial charge in [-0.15, -0.1) is 0 Å². The Labute approximate surface area is 375 Å². The molecule has 0 saturated carbocycles. The molecule has 0 spiro atoms. The molecule has 6 amide bonds. The second-order valence-corrected chi connectivity index (χ2v) is 15.7. The summed E-state index contributed by atoms with van der Waals surface area (Å²) in [6.07, 6.45) is 3.01. The van der Waals surface area contributed by atoms with E-state index < -0.39 is 35.4 Å². The molecule has 0 unspecified atom stereocenters. The molecule has 9 aromatic rings. The van der Waals surface area contributed by atoms with E-state index in [4.69, 9.17) is 0 Å². The molecule has 11 rings (SSSR count). The van der Waals surface area contributed by atoms with Crippen LogP contribution in [0.5, 0.6) is 0 Å². The Bertz CT molecular complexity index is 3250. The molecule has 0 saturated heterocycles. The van der Waals surface area contributed by atoms with Gasteiger partial charge in [-0.1, -0.05) is 84.9 Å². The summed E-state index contributed by atoms with van der Waals surface area (Å²) in [5, 5.41) is 9.93. The molecule has 0 fully saturated rings. The monoisotopic (exact) mass is 860 g/mol. The number of nitrogens with zero attached hydrogens (tertiary/aromatic N) is 4. The van der Waals surface area contributed by atoms with Crippen LogP contribution in [0.15, 0.2) is 182 Å². The predicted molar refractivity (Wildman–Crippen MR) is 252 cm³/mol. The quantitative estimate of drug-likeness (QED) is 0.113. The number of benzene rings is 7. The summed E-state index contributed by atoms with van der Waals surface area (Å²) in [5.74, 6) is -2.50. The summed E-state index contributed by atoms with van der Waals surface area (Å²) < 4.78 is 0. The first-order chi connectivity index (χ1) is 32.2. The molecule has 4 heterocycles. The zero-order valence-corrected chi connectivity index (χ0v) is 34.6. The van der Waals surface area contributed by atoms with Gasteiger partial charge in [0.2, 0.25) is 0 Å². The van der Waals surface area contributed by atoms with E-state index in [1.807, 2.05) is 72.8 Å². The molecular formula is C54H32N6O6. The highest BCUT2D eigenvalue weighted by Gasteiger charge is 2.39. The number of fused-ring (bicyclic) bond motifs is 4. The molecule has 12 nitrogen and oxygen atoms in total. The first kappa shape index (κ1) is 39.4. The van der Waals surface area contributed by atoms with Crippen molar-refractivity contribution >= 4 is 80.0 Å². The number of nitrogens with one attached hydrogen (secondary N) is 2. The number of pyridine rings is 2. The Morgan fingerprint density at radius 3 is 1.08 bits per heavy atom. The Balaban J connectivity index is 0.843.